The van der Waals surface area contributed by atoms with Gasteiger partial charge in [-0.1, -0.05) is 62.9 Å². The van der Waals surface area contributed by atoms with Crippen molar-refractivity contribution >= 4 is 11.8 Å². The van der Waals surface area contributed by atoms with Gasteiger partial charge in [-0.25, -0.2) is 0 Å². The Balaban J connectivity index is 2.61. The van der Waals surface area contributed by atoms with E-state index in [4.69, 9.17) is 0 Å². The maximum absolute atomic E-state index is 12.5. The number of hydrogen-bond acceptors (Lipinski definition) is 3. The highest BCUT2D eigenvalue weighted by molar-refractivity contribution is 5.89. The standard InChI is InChI=1S/C19H31N3O2/c1-4-5-6-10-13-16(18(23)21-3)22-19(24)17(20-2)14-15-11-8-7-9-12-15/h7-9,11-12,16-17,20H,4-6,10,13-14H2,1-3H3,(H,21,23)(H,22,24)/t16-,17-/m0/s1. The summed E-state index contributed by atoms with van der Waals surface area (Å²) in [5, 5.41) is 8.59. The second kappa shape index (κ2) is 11.6. The van der Waals surface area contributed by atoms with Gasteiger partial charge in [0.1, 0.15) is 6.04 Å². The van der Waals surface area contributed by atoms with Crippen LogP contribution in [0.25, 0.3) is 0 Å². The first kappa shape index (κ1) is 20.2. The zero-order valence-electron chi connectivity index (χ0n) is 15.1. The molecule has 0 spiro atoms. The van der Waals surface area contributed by atoms with Crippen molar-refractivity contribution in [1.82, 2.24) is 16.0 Å². The lowest BCUT2D eigenvalue weighted by molar-refractivity contribution is -0.129. The topological polar surface area (TPSA) is 70.2 Å². The summed E-state index contributed by atoms with van der Waals surface area (Å²) in [5.74, 6) is -0.264. The monoisotopic (exact) mass is 333 g/mol. The molecule has 3 N–H and O–H groups in total. The van der Waals surface area contributed by atoms with Crippen LogP contribution in [0.15, 0.2) is 30.3 Å². The van der Waals surface area contributed by atoms with Crippen molar-refractivity contribution in [3.8, 4) is 0 Å². The molecule has 1 rings (SSSR count). The van der Waals surface area contributed by atoms with Crippen LogP contribution in [0.5, 0.6) is 0 Å². The molecule has 0 bridgehead atoms. The highest BCUT2D eigenvalue weighted by Crippen LogP contribution is 2.08. The fourth-order valence-electron chi connectivity index (χ4n) is 2.67. The van der Waals surface area contributed by atoms with Gasteiger partial charge in [0.2, 0.25) is 11.8 Å². The Kier molecular flexibility index (Phi) is 9.77. The zero-order valence-corrected chi connectivity index (χ0v) is 15.1. The normalized spacial score (nSPS) is 13.1. The van der Waals surface area contributed by atoms with Crippen molar-refractivity contribution in [3.63, 3.8) is 0 Å². The Morgan fingerprint density at radius 1 is 0.958 bits per heavy atom. The maximum Gasteiger partial charge on any atom is 0.242 e. The molecule has 0 saturated carbocycles. The first-order valence-electron chi connectivity index (χ1n) is 8.85. The van der Waals surface area contributed by atoms with Gasteiger partial charge in [0.05, 0.1) is 6.04 Å². The van der Waals surface area contributed by atoms with Gasteiger partial charge >= 0.3 is 0 Å². The molecular weight excluding hydrogens is 302 g/mol. The lowest BCUT2D eigenvalue weighted by Gasteiger charge is -2.22. The molecule has 1 aromatic rings. The predicted molar refractivity (Wildman–Crippen MR) is 97.8 cm³/mol. The molecule has 0 aliphatic heterocycles. The van der Waals surface area contributed by atoms with E-state index >= 15 is 0 Å². The van der Waals surface area contributed by atoms with Gasteiger partial charge in [0, 0.05) is 7.05 Å². The SMILES string of the molecule is CCCCCC[C@H](NC(=O)[C@H](Cc1ccccc1)NC)C(=O)NC. The Bertz CT molecular complexity index is 491. The van der Waals surface area contributed by atoms with Crippen LogP contribution in [0.1, 0.15) is 44.6 Å². The molecule has 0 heterocycles. The average Bonchev–Trinajstić information content (AvgIpc) is 2.62. The number of rotatable bonds is 11. The molecule has 5 nitrogen and oxygen atoms in total. The molecule has 0 aromatic heterocycles. The van der Waals surface area contributed by atoms with E-state index in [1.165, 1.54) is 0 Å². The molecule has 0 radical (unpaired) electrons. The summed E-state index contributed by atoms with van der Waals surface area (Å²) < 4.78 is 0. The van der Waals surface area contributed by atoms with Gasteiger partial charge < -0.3 is 16.0 Å². The fourth-order valence-corrected chi connectivity index (χ4v) is 2.67. The smallest absolute Gasteiger partial charge is 0.242 e. The number of amides is 2. The first-order chi connectivity index (χ1) is 11.6. The Morgan fingerprint density at radius 3 is 2.25 bits per heavy atom. The van der Waals surface area contributed by atoms with Gasteiger partial charge in [-0.2, -0.15) is 0 Å². The molecule has 5 heteroatoms. The molecule has 0 unspecified atom stereocenters. The molecule has 0 fully saturated rings. The average molecular weight is 333 g/mol. The number of likely N-dealkylation sites (N-methyl/N-ethyl adjacent to an activating group) is 2. The van der Waals surface area contributed by atoms with Gasteiger partial charge in [0.25, 0.3) is 0 Å². The summed E-state index contributed by atoms with van der Waals surface area (Å²) in [6, 6.07) is 9.05. The third kappa shape index (κ3) is 7.13. The van der Waals surface area contributed by atoms with Crippen LogP contribution in [0.2, 0.25) is 0 Å². The second-order valence-corrected chi connectivity index (χ2v) is 6.06. The van der Waals surface area contributed by atoms with Crippen molar-refractivity contribution in [1.29, 1.82) is 0 Å². The van der Waals surface area contributed by atoms with E-state index in [0.29, 0.717) is 12.8 Å². The molecule has 24 heavy (non-hydrogen) atoms. The predicted octanol–water partition coefficient (Wildman–Crippen LogP) is 2.02. The van der Waals surface area contributed by atoms with Gasteiger partial charge in [-0.15, -0.1) is 0 Å². The molecule has 2 atom stereocenters. The minimum absolute atomic E-state index is 0.130. The van der Waals surface area contributed by atoms with E-state index in [2.05, 4.69) is 22.9 Å². The molecule has 2 amide bonds. The number of carbonyl (C=O) groups excluding carboxylic acids is 2. The largest absolute Gasteiger partial charge is 0.357 e. The van der Waals surface area contributed by atoms with Gasteiger partial charge in [-0.3, -0.25) is 9.59 Å². The van der Waals surface area contributed by atoms with E-state index < -0.39 is 6.04 Å². The van der Waals surface area contributed by atoms with Crippen LogP contribution in [-0.4, -0.2) is 38.0 Å². The molecule has 134 valence electrons. The van der Waals surface area contributed by atoms with E-state index in [1.807, 2.05) is 30.3 Å². The molecular formula is C19H31N3O2. The summed E-state index contributed by atoms with van der Waals surface area (Å²) in [7, 11) is 3.37. The van der Waals surface area contributed by atoms with Crippen molar-refractivity contribution < 1.29 is 9.59 Å². The summed E-state index contributed by atoms with van der Waals surface area (Å²) in [6.45, 7) is 2.15. The van der Waals surface area contributed by atoms with Crippen LogP contribution in [0.4, 0.5) is 0 Å². The number of benzene rings is 1. The molecule has 0 aliphatic carbocycles. The lowest BCUT2D eigenvalue weighted by atomic mass is 10.0. The van der Waals surface area contributed by atoms with Crippen LogP contribution >= 0.6 is 0 Å². The summed E-state index contributed by atoms with van der Waals surface area (Å²) in [5.41, 5.74) is 1.09. The molecule has 0 aliphatic rings. The van der Waals surface area contributed by atoms with E-state index in [-0.39, 0.29) is 17.9 Å². The summed E-state index contributed by atoms with van der Waals surface area (Å²) in [4.78, 5) is 24.6. The molecule has 1 aromatic carbocycles. The summed E-state index contributed by atoms with van der Waals surface area (Å²) in [6.07, 6.45) is 5.60. The lowest BCUT2D eigenvalue weighted by Crippen LogP contribution is -2.52. The minimum atomic E-state index is -0.467. The molecule has 0 saturated heterocycles. The minimum Gasteiger partial charge on any atom is -0.357 e. The van der Waals surface area contributed by atoms with Crippen LogP contribution in [-0.2, 0) is 16.0 Å². The zero-order chi connectivity index (χ0) is 17.8. The van der Waals surface area contributed by atoms with Gasteiger partial charge in [-0.05, 0) is 25.5 Å². The van der Waals surface area contributed by atoms with E-state index in [1.54, 1.807) is 14.1 Å². The maximum atomic E-state index is 12.5. The quantitative estimate of drug-likeness (QED) is 0.543. The Labute approximate surface area is 145 Å². The van der Waals surface area contributed by atoms with Crippen molar-refractivity contribution in [2.75, 3.05) is 14.1 Å². The number of unbranched alkanes of at least 4 members (excludes halogenated alkanes) is 3. The van der Waals surface area contributed by atoms with E-state index in [0.717, 1.165) is 31.2 Å². The van der Waals surface area contributed by atoms with E-state index in [9.17, 15) is 9.59 Å². The highest BCUT2D eigenvalue weighted by atomic mass is 16.2. The third-order valence-electron chi connectivity index (χ3n) is 4.17. The highest BCUT2D eigenvalue weighted by Gasteiger charge is 2.24. The number of hydrogen-bond donors (Lipinski definition) is 3. The number of nitrogens with one attached hydrogen (secondary N) is 3. The Hall–Kier alpha value is -1.88. The van der Waals surface area contributed by atoms with Crippen LogP contribution in [0, 0.1) is 0 Å². The second-order valence-electron chi connectivity index (χ2n) is 6.06. The van der Waals surface area contributed by atoms with Gasteiger partial charge in [0.15, 0.2) is 0 Å². The van der Waals surface area contributed by atoms with Crippen LogP contribution < -0.4 is 16.0 Å². The fraction of sp³-hybridized carbons (Fsp3) is 0.579. The van der Waals surface area contributed by atoms with Crippen molar-refractivity contribution in [2.45, 2.75) is 57.5 Å². The van der Waals surface area contributed by atoms with Crippen LogP contribution in [0.3, 0.4) is 0 Å². The third-order valence-corrected chi connectivity index (χ3v) is 4.17. The van der Waals surface area contributed by atoms with Crippen molar-refractivity contribution in [3.05, 3.63) is 35.9 Å². The Morgan fingerprint density at radius 2 is 1.67 bits per heavy atom. The summed E-state index contributed by atoms with van der Waals surface area (Å²) >= 11 is 0. The van der Waals surface area contributed by atoms with Crippen molar-refractivity contribution in [2.24, 2.45) is 0 Å². The number of carbonyl (C=O) groups is 2. The first-order valence-corrected chi connectivity index (χ1v) is 8.85.